The number of ketones is 1. The number of ether oxygens (including phenoxy) is 2. The van der Waals surface area contributed by atoms with Gasteiger partial charge in [0, 0.05) is 36.8 Å². The molecule has 116 valence electrons. The first-order valence-electron chi connectivity index (χ1n) is 7.28. The molecule has 2 rings (SSSR count). The average Bonchev–Trinajstić information content (AvgIpc) is 2.47. The third kappa shape index (κ3) is 4.03. The Labute approximate surface area is 126 Å². The molecule has 2 unspecified atom stereocenters. The van der Waals surface area contributed by atoms with Gasteiger partial charge in [-0.2, -0.15) is 0 Å². The van der Waals surface area contributed by atoms with Gasteiger partial charge in [-0.15, -0.1) is 0 Å². The predicted molar refractivity (Wildman–Crippen MR) is 81.7 cm³/mol. The molecule has 0 bridgehead atoms. The molecule has 2 N–H and O–H groups in total. The van der Waals surface area contributed by atoms with Gasteiger partial charge in [0.1, 0.15) is 5.75 Å². The van der Waals surface area contributed by atoms with E-state index in [-0.39, 0.29) is 17.9 Å². The number of Topliss-reactive ketones (excluding diaryl/α,β-unsaturated/α-hetero) is 1. The lowest BCUT2D eigenvalue weighted by Crippen LogP contribution is -2.49. The lowest BCUT2D eigenvalue weighted by molar-refractivity contribution is -0.0405. The van der Waals surface area contributed by atoms with E-state index in [0.29, 0.717) is 12.2 Å². The maximum atomic E-state index is 11.5. The van der Waals surface area contributed by atoms with Crippen LogP contribution in [-0.4, -0.2) is 49.6 Å². The second-order valence-electron chi connectivity index (χ2n) is 5.59. The van der Waals surface area contributed by atoms with E-state index < -0.39 is 0 Å². The Balaban J connectivity index is 2.14. The van der Waals surface area contributed by atoms with E-state index in [2.05, 4.69) is 4.90 Å². The summed E-state index contributed by atoms with van der Waals surface area (Å²) in [5.41, 5.74) is 7.66. The number of rotatable bonds is 5. The van der Waals surface area contributed by atoms with Crippen LogP contribution in [0.5, 0.6) is 5.75 Å². The summed E-state index contributed by atoms with van der Waals surface area (Å²) in [6, 6.07) is 5.58. The Morgan fingerprint density at radius 2 is 2.33 bits per heavy atom. The van der Waals surface area contributed by atoms with Crippen molar-refractivity contribution in [1.29, 1.82) is 0 Å². The van der Waals surface area contributed by atoms with Crippen molar-refractivity contribution in [1.82, 2.24) is 4.90 Å². The minimum atomic E-state index is 0.0123. The monoisotopic (exact) mass is 292 g/mol. The first-order valence-corrected chi connectivity index (χ1v) is 7.28. The second-order valence-corrected chi connectivity index (χ2v) is 5.59. The summed E-state index contributed by atoms with van der Waals surface area (Å²) in [4.78, 5) is 13.8. The van der Waals surface area contributed by atoms with E-state index in [1.165, 1.54) is 0 Å². The van der Waals surface area contributed by atoms with Gasteiger partial charge >= 0.3 is 0 Å². The van der Waals surface area contributed by atoms with Crippen LogP contribution in [-0.2, 0) is 11.3 Å². The van der Waals surface area contributed by atoms with Crippen LogP contribution in [0.15, 0.2) is 18.2 Å². The van der Waals surface area contributed by atoms with Crippen molar-refractivity contribution in [2.24, 2.45) is 5.73 Å². The third-order valence-corrected chi connectivity index (χ3v) is 3.84. The first-order chi connectivity index (χ1) is 10.0. The van der Waals surface area contributed by atoms with Gasteiger partial charge in [-0.3, -0.25) is 9.69 Å². The van der Waals surface area contributed by atoms with E-state index >= 15 is 0 Å². The van der Waals surface area contributed by atoms with Gasteiger partial charge in [-0.25, -0.2) is 0 Å². The van der Waals surface area contributed by atoms with Crippen LogP contribution >= 0.6 is 0 Å². The van der Waals surface area contributed by atoms with E-state index in [0.717, 1.165) is 30.9 Å². The number of morpholine rings is 1. The number of nitrogens with two attached hydrogens (primary N) is 1. The van der Waals surface area contributed by atoms with Crippen molar-refractivity contribution in [3.8, 4) is 5.75 Å². The molecule has 0 aliphatic carbocycles. The molecule has 21 heavy (non-hydrogen) atoms. The van der Waals surface area contributed by atoms with E-state index in [1.807, 2.05) is 19.1 Å². The summed E-state index contributed by atoms with van der Waals surface area (Å²) >= 11 is 0. The number of nitrogens with zero attached hydrogens (tertiary/aromatic N) is 1. The standard InChI is InChI=1S/C16H24N2O3/c1-11(17)16-10-18(6-7-21-16)9-14-8-13(12(2)19)4-5-15(14)20-3/h4-5,8,11,16H,6-7,9-10,17H2,1-3H3. The summed E-state index contributed by atoms with van der Waals surface area (Å²) < 4.78 is 11.1. The van der Waals surface area contributed by atoms with E-state index in [4.69, 9.17) is 15.2 Å². The SMILES string of the molecule is COc1ccc(C(C)=O)cc1CN1CCOC(C(C)N)C1. The van der Waals surface area contributed by atoms with Crippen molar-refractivity contribution in [3.63, 3.8) is 0 Å². The van der Waals surface area contributed by atoms with Crippen LogP contribution in [0.25, 0.3) is 0 Å². The predicted octanol–water partition coefficient (Wildman–Crippen LogP) is 1.45. The summed E-state index contributed by atoms with van der Waals surface area (Å²) in [5.74, 6) is 0.873. The fourth-order valence-corrected chi connectivity index (χ4v) is 2.56. The molecule has 1 aromatic carbocycles. The van der Waals surface area contributed by atoms with Crippen molar-refractivity contribution < 1.29 is 14.3 Å². The molecule has 1 aromatic rings. The average molecular weight is 292 g/mol. The zero-order valence-corrected chi connectivity index (χ0v) is 13.0. The Morgan fingerprint density at radius 3 is 2.95 bits per heavy atom. The van der Waals surface area contributed by atoms with Gasteiger partial charge in [-0.05, 0) is 32.0 Å². The molecule has 1 aliphatic rings. The smallest absolute Gasteiger partial charge is 0.159 e. The summed E-state index contributed by atoms with van der Waals surface area (Å²) in [6.45, 7) is 6.61. The van der Waals surface area contributed by atoms with Gasteiger partial charge < -0.3 is 15.2 Å². The summed E-state index contributed by atoms with van der Waals surface area (Å²) in [5, 5.41) is 0. The minimum absolute atomic E-state index is 0.0123. The highest BCUT2D eigenvalue weighted by Crippen LogP contribution is 2.23. The maximum Gasteiger partial charge on any atom is 0.159 e. The van der Waals surface area contributed by atoms with Gasteiger partial charge in [-0.1, -0.05) is 0 Å². The lowest BCUT2D eigenvalue weighted by Gasteiger charge is -2.35. The Bertz CT molecular complexity index is 502. The van der Waals surface area contributed by atoms with Crippen molar-refractivity contribution in [2.75, 3.05) is 26.8 Å². The zero-order valence-electron chi connectivity index (χ0n) is 13.0. The maximum absolute atomic E-state index is 11.5. The van der Waals surface area contributed by atoms with Crippen molar-refractivity contribution in [2.45, 2.75) is 32.5 Å². The third-order valence-electron chi connectivity index (χ3n) is 3.84. The molecule has 0 amide bonds. The summed E-state index contributed by atoms with van der Waals surface area (Å²) in [7, 11) is 1.65. The largest absolute Gasteiger partial charge is 0.496 e. The van der Waals surface area contributed by atoms with Gasteiger partial charge in [0.25, 0.3) is 0 Å². The molecule has 5 heteroatoms. The molecule has 0 aromatic heterocycles. The number of carbonyl (C=O) groups excluding carboxylic acids is 1. The van der Waals surface area contributed by atoms with Crippen LogP contribution in [0, 0.1) is 0 Å². The molecule has 1 aliphatic heterocycles. The van der Waals surface area contributed by atoms with Crippen molar-refractivity contribution >= 4 is 5.78 Å². The number of hydrogen-bond acceptors (Lipinski definition) is 5. The normalized spacial score (nSPS) is 21.0. The highest BCUT2D eigenvalue weighted by atomic mass is 16.5. The molecule has 0 radical (unpaired) electrons. The molecule has 1 saturated heterocycles. The zero-order chi connectivity index (χ0) is 15.4. The molecular formula is C16H24N2O3. The van der Waals surface area contributed by atoms with Gasteiger partial charge in [0.05, 0.1) is 19.8 Å². The van der Waals surface area contributed by atoms with Crippen LogP contribution < -0.4 is 10.5 Å². The molecule has 2 atom stereocenters. The lowest BCUT2D eigenvalue weighted by atomic mass is 10.1. The topological polar surface area (TPSA) is 64.8 Å². The Morgan fingerprint density at radius 1 is 1.57 bits per heavy atom. The first kappa shape index (κ1) is 15.9. The van der Waals surface area contributed by atoms with Crippen molar-refractivity contribution in [3.05, 3.63) is 29.3 Å². The number of carbonyl (C=O) groups is 1. The van der Waals surface area contributed by atoms with E-state index in [9.17, 15) is 4.79 Å². The number of hydrogen-bond donors (Lipinski definition) is 1. The molecule has 0 saturated carbocycles. The molecule has 1 heterocycles. The minimum Gasteiger partial charge on any atom is -0.496 e. The Hall–Kier alpha value is -1.43. The second kappa shape index (κ2) is 7.02. The van der Waals surface area contributed by atoms with Gasteiger partial charge in [0.15, 0.2) is 5.78 Å². The van der Waals surface area contributed by atoms with Gasteiger partial charge in [0.2, 0.25) is 0 Å². The van der Waals surface area contributed by atoms with Crippen LogP contribution in [0.2, 0.25) is 0 Å². The van der Waals surface area contributed by atoms with Crippen LogP contribution in [0.1, 0.15) is 29.8 Å². The highest BCUT2D eigenvalue weighted by molar-refractivity contribution is 5.94. The number of methoxy groups -OCH3 is 1. The van der Waals surface area contributed by atoms with E-state index in [1.54, 1.807) is 20.1 Å². The highest BCUT2D eigenvalue weighted by Gasteiger charge is 2.24. The molecule has 1 fully saturated rings. The molecular weight excluding hydrogens is 268 g/mol. The fraction of sp³-hybridized carbons (Fsp3) is 0.562. The van der Waals surface area contributed by atoms with Crippen LogP contribution in [0.4, 0.5) is 0 Å². The van der Waals surface area contributed by atoms with Crippen LogP contribution in [0.3, 0.4) is 0 Å². The molecule has 0 spiro atoms. The Kier molecular flexibility index (Phi) is 5.33. The number of benzene rings is 1. The summed E-state index contributed by atoms with van der Waals surface area (Å²) in [6.07, 6.45) is 0.0562. The molecule has 5 nitrogen and oxygen atoms in total. The quantitative estimate of drug-likeness (QED) is 0.832. The fourth-order valence-electron chi connectivity index (χ4n) is 2.56.